The number of rotatable bonds is 13. The van der Waals surface area contributed by atoms with E-state index >= 15 is 0 Å². The Morgan fingerprint density at radius 2 is 1.89 bits per heavy atom. The van der Waals surface area contributed by atoms with Gasteiger partial charge in [-0.3, -0.25) is 14.4 Å². The molecule has 0 aromatic carbocycles. The molecule has 3 heterocycles. The van der Waals surface area contributed by atoms with Gasteiger partial charge >= 0.3 is 5.97 Å². The number of esters is 1. The van der Waals surface area contributed by atoms with Crippen LogP contribution in [-0.2, 0) is 23.9 Å². The number of carbonyl (C=O) groups is 3. The van der Waals surface area contributed by atoms with Crippen LogP contribution in [0.1, 0.15) is 80.1 Å². The van der Waals surface area contributed by atoms with Gasteiger partial charge in [-0.25, -0.2) is 0 Å². The number of carbonyl (C=O) groups excluding carboxylic acids is 3. The zero-order chi connectivity index (χ0) is 28.5. The van der Waals surface area contributed by atoms with Crippen LogP contribution in [0.5, 0.6) is 0 Å². The number of nitrogens with zero attached hydrogens (tertiary/aromatic N) is 2. The highest BCUT2D eigenvalue weighted by atomic mass is 79.9. The molecule has 3 saturated heterocycles. The fourth-order valence-corrected chi connectivity index (χ4v) is 8.15. The highest BCUT2D eigenvalue weighted by molar-refractivity contribution is 9.09. The van der Waals surface area contributed by atoms with Crippen LogP contribution in [0.15, 0.2) is 12.7 Å². The first-order valence-electron chi connectivity index (χ1n) is 14.1. The summed E-state index contributed by atoms with van der Waals surface area (Å²) in [7, 11) is 0. The SMILES string of the molecule is C=CCN(C(=O)[C@@H]1N(CCCCCCO)C(=O)[C@H]2[C@H](C(=O)OCC)[C@H]3O[C@@]12CC3Br)C(C)(C)CC(C)(C)C. The Morgan fingerprint density at radius 3 is 2.47 bits per heavy atom. The maximum Gasteiger partial charge on any atom is 0.312 e. The number of hydrogen-bond acceptors (Lipinski definition) is 6. The van der Waals surface area contributed by atoms with Gasteiger partial charge < -0.3 is 24.4 Å². The van der Waals surface area contributed by atoms with Gasteiger partial charge in [-0.05, 0) is 51.9 Å². The molecule has 0 aliphatic carbocycles. The minimum Gasteiger partial charge on any atom is -0.466 e. The van der Waals surface area contributed by atoms with E-state index in [1.54, 1.807) is 17.9 Å². The van der Waals surface area contributed by atoms with Gasteiger partial charge in [0.2, 0.25) is 11.8 Å². The molecule has 0 radical (unpaired) electrons. The maximum atomic E-state index is 14.6. The highest BCUT2D eigenvalue weighted by Crippen LogP contribution is 2.60. The summed E-state index contributed by atoms with van der Waals surface area (Å²) in [6.45, 7) is 17.3. The molecule has 3 aliphatic heterocycles. The van der Waals surface area contributed by atoms with Crippen molar-refractivity contribution in [2.45, 2.75) is 108 Å². The summed E-state index contributed by atoms with van der Waals surface area (Å²) >= 11 is 3.70. The summed E-state index contributed by atoms with van der Waals surface area (Å²) < 4.78 is 12.0. The van der Waals surface area contributed by atoms with Gasteiger partial charge in [0.1, 0.15) is 11.6 Å². The van der Waals surface area contributed by atoms with Crippen molar-refractivity contribution in [3.8, 4) is 0 Å². The summed E-state index contributed by atoms with van der Waals surface area (Å²) in [5.74, 6) is -2.28. The van der Waals surface area contributed by atoms with Crippen molar-refractivity contribution in [2.75, 3.05) is 26.3 Å². The molecular formula is C29H47BrN2O6. The average Bonchev–Trinajstić information content (AvgIpc) is 3.39. The summed E-state index contributed by atoms with van der Waals surface area (Å²) in [4.78, 5) is 45.2. The van der Waals surface area contributed by atoms with Crippen LogP contribution < -0.4 is 0 Å². The van der Waals surface area contributed by atoms with Crippen LogP contribution in [0.4, 0.5) is 0 Å². The fraction of sp³-hybridized carbons (Fsp3) is 0.828. The molecule has 6 atom stereocenters. The number of aliphatic hydroxyl groups excluding tert-OH is 1. The fourth-order valence-electron chi connectivity index (χ4n) is 7.21. The molecule has 1 N–H and O–H groups in total. The quantitative estimate of drug-likeness (QED) is 0.148. The smallest absolute Gasteiger partial charge is 0.312 e. The van der Waals surface area contributed by atoms with E-state index < -0.39 is 41.1 Å². The lowest BCUT2D eigenvalue weighted by Gasteiger charge is -2.45. The van der Waals surface area contributed by atoms with E-state index in [2.05, 4.69) is 57.1 Å². The largest absolute Gasteiger partial charge is 0.466 e. The van der Waals surface area contributed by atoms with E-state index in [1.807, 2.05) is 4.90 Å². The number of hydrogen-bond donors (Lipinski definition) is 1. The molecule has 1 unspecified atom stereocenters. The molecule has 2 amide bonds. The van der Waals surface area contributed by atoms with Gasteiger partial charge in [0, 0.05) is 30.1 Å². The third-order valence-electron chi connectivity index (χ3n) is 8.16. The van der Waals surface area contributed by atoms with E-state index in [-0.39, 0.29) is 35.3 Å². The van der Waals surface area contributed by atoms with Gasteiger partial charge in [-0.15, -0.1) is 6.58 Å². The summed E-state index contributed by atoms with van der Waals surface area (Å²) in [6.07, 6.45) is 5.54. The lowest BCUT2D eigenvalue weighted by atomic mass is 9.70. The number of ether oxygens (including phenoxy) is 2. The van der Waals surface area contributed by atoms with Crippen molar-refractivity contribution in [3.05, 3.63) is 12.7 Å². The first kappa shape index (κ1) is 31.1. The van der Waals surface area contributed by atoms with Crippen molar-refractivity contribution in [1.29, 1.82) is 0 Å². The number of alkyl halides is 1. The standard InChI is InChI=1S/C29H47BrN2O6/c1-8-14-32(28(6,7)18-27(3,4)5)25(35)23-29-17-19(30)22(38-29)20(26(36)37-9-2)21(29)24(34)31(23)15-12-10-11-13-16-33/h8,19-23,33H,1,9-18H2,2-7H3/t19?,20-,21+,22-,23-,29+/m0/s1. The van der Waals surface area contributed by atoms with Gasteiger partial charge in [0.05, 0.1) is 24.5 Å². The Kier molecular flexibility index (Phi) is 9.79. The second kappa shape index (κ2) is 12.0. The third kappa shape index (κ3) is 5.85. The molecule has 38 heavy (non-hydrogen) atoms. The average molecular weight is 600 g/mol. The van der Waals surface area contributed by atoms with Gasteiger partial charge in [-0.1, -0.05) is 55.6 Å². The molecule has 9 heteroatoms. The number of likely N-dealkylation sites (tertiary alicyclic amines) is 1. The number of fused-ring (bicyclic) bond motifs is 1. The van der Waals surface area contributed by atoms with Crippen LogP contribution in [0, 0.1) is 17.3 Å². The number of aliphatic hydroxyl groups is 1. The van der Waals surface area contributed by atoms with E-state index in [0.29, 0.717) is 32.4 Å². The Morgan fingerprint density at radius 1 is 1.24 bits per heavy atom. The Hall–Kier alpha value is -1.45. The molecule has 3 rings (SSSR count). The molecule has 8 nitrogen and oxygen atoms in total. The molecule has 2 bridgehead atoms. The predicted molar refractivity (Wildman–Crippen MR) is 150 cm³/mol. The second-order valence-electron chi connectivity index (χ2n) is 12.9. The van der Waals surface area contributed by atoms with Crippen LogP contribution in [0.2, 0.25) is 0 Å². The first-order chi connectivity index (χ1) is 17.8. The summed E-state index contributed by atoms with van der Waals surface area (Å²) in [5, 5.41) is 9.14. The second-order valence-corrected chi connectivity index (χ2v) is 14.0. The van der Waals surface area contributed by atoms with Crippen LogP contribution >= 0.6 is 15.9 Å². The number of amides is 2. The normalized spacial score (nSPS) is 30.5. The molecule has 216 valence electrons. The molecule has 1 spiro atoms. The van der Waals surface area contributed by atoms with Crippen LogP contribution in [-0.4, -0.2) is 87.1 Å². The van der Waals surface area contributed by atoms with Crippen molar-refractivity contribution >= 4 is 33.7 Å². The Bertz CT molecular complexity index is 902. The van der Waals surface area contributed by atoms with E-state index in [1.165, 1.54) is 0 Å². The van der Waals surface area contributed by atoms with Crippen molar-refractivity contribution < 1.29 is 29.0 Å². The monoisotopic (exact) mass is 598 g/mol. The lowest BCUT2D eigenvalue weighted by Crippen LogP contribution is -2.61. The molecule has 3 aliphatic rings. The Labute approximate surface area is 236 Å². The predicted octanol–water partition coefficient (Wildman–Crippen LogP) is 4.08. The van der Waals surface area contributed by atoms with Crippen molar-refractivity contribution in [2.24, 2.45) is 17.3 Å². The van der Waals surface area contributed by atoms with Crippen LogP contribution in [0.25, 0.3) is 0 Å². The van der Waals surface area contributed by atoms with Gasteiger partial charge in [0.15, 0.2) is 0 Å². The minimum absolute atomic E-state index is 0.0276. The zero-order valence-electron chi connectivity index (χ0n) is 24.0. The highest BCUT2D eigenvalue weighted by Gasteiger charge is 2.77. The molecule has 3 fully saturated rings. The summed E-state index contributed by atoms with van der Waals surface area (Å²) in [6, 6.07) is -0.832. The molecule has 0 aromatic rings. The number of unbranched alkanes of at least 4 members (excludes halogenated alkanes) is 3. The molecular weight excluding hydrogens is 552 g/mol. The summed E-state index contributed by atoms with van der Waals surface area (Å²) in [5.41, 5.74) is -1.62. The maximum absolute atomic E-state index is 14.6. The topological polar surface area (TPSA) is 96.4 Å². The third-order valence-corrected chi connectivity index (χ3v) is 9.01. The lowest BCUT2D eigenvalue weighted by molar-refractivity contribution is -0.155. The minimum atomic E-state index is -1.09. The molecule has 0 saturated carbocycles. The zero-order valence-corrected chi connectivity index (χ0v) is 25.6. The van der Waals surface area contributed by atoms with E-state index in [4.69, 9.17) is 14.6 Å². The van der Waals surface area contributed by atoms with Crippen molar-refractivity contribution in [3.63, 3.8) is 0 Å². The Balaban J connectivity index is 2.03. The van der Waals surface area contributed by atoms with Crippen LogP contribution in [0.3, 0.4) is 0 Å². The van der Waals surface area contributed by atoms with Crippen molar-refractivity contribution in [1.82, 2.24) is 9.80 Å². The number of halogens is 1. The van der Waals surface area contributed by atoms with E-state index in [0.717, 1.165) is 19.3 Å². The first-order valence-corrected chi connectivity index (χ1v) is 15.0. The van der Waals surface area contributed by atoms with Gasteiger partial charge in [0.25, 0.3) is 0 Å². The molecule has 0 aromatic heterocycles. The van der Waals surface area contributed by atoms with Gasteiger partial charge in [-0.2, -0.15) is 0 Å². The van der Waals surface area contributed by atoms with E-state index in [9.17, 15) is 14.4 Å².